The molecule has 0 aliphatic carbocycles. The summed E-state index contributed by atoms with van der Waals surface area (Å²) in [6, 6.07) is 18.0. The third-order valence-corrected chi connectivity index (χ3v) is 5.14. The molecule has 0 unspecified atom stereocenters. The molecule has 1 amide bonds. The van der Waals surface area contributed by atoms with Crippen molar-refractivity contribution < 1.29 is 9.32 Å². The molecule has 2 aromatic carbocycles. The minimum absolute atomic E-state index is 0.300. The predicted molar refractivity (Wildman–Crippen MR) is 118 cm³/mol. The van der Waals surface area contributed by atoms with Crippen LogP contribution in [0.25, 0.3) is 21.9 Å². The molecule has 2 aromatic heterocycles. The molecule has 0 aliphatic rings. The molecule has 0 aliphatic heterocycles. The van der Waals surface area contributed by atoms with E-state index >= 15 is 0 Å². The van der Waals surface area contributed by atoms with Gasteiger partial charge in [0, 0.05) is 23.0 Å². The minimum atomic E-state index is -0.564. The van der Waals surface area contributed by atoms with Crippen molar-refractivity contribution in [2.24, 2.45) is 0 Å². The van der Waals surface area contributed by atoms with Gasteiger partial charge in [-0.2, -0.15) is 5.26 Å². The molecule has 148 valence electrons. The Balaban J connectivity index is 1.58. The van der Waals surface area contributed by atoms with Crippen molar-refractivity contribution in [1.29, 1.82) is 5.26 Å². The van der Waals surface area contributed by atoms with Gasteiger partial charge in [0.2, 0.25) is 0 Å². The monoisotopic (exact) mass is 433 g/mol. The van der Waals surface area contributed by atoms with Gasteiger partial charge in [-0.25, -0.2) is 4.98 Å². The van der Waals surface area contributed by atoms with Crippen molar-refractivity contribution in [1.82, 2.24) is 10.1 Å². The number of aromatic nitrogens is 2. The molecule has 8 nitrogen and oxygen atoms in total. The highest BCUT2D eigenvalue weighted by atomic mass is 32.1. The molecule has 0 spiro atoms. The van der Waals surface area contributed by atoms with E-state index in [9.17, 15) is 4.79 Å². The third-order valence-electron chi connectivity index (χ3n) is 4.03. The highest BCUT2D eigenvalue weighted by molar-refractivity contribution is 7.77. The van der Waals surface area contributed by atoms with Crippen molar-refractivity contribution in [2.75, 3.05) is 16.4 Å². The number of nitrogen functional groups attached to an aromatic ring is 1. The van der Waals surface area contributed by atoms with Crippen LogP contribution < -0.4 is 16.4 Å². The summed E-state index contributed by atoms with van der Waals surface area (Å²) in [4.78, 5) is 16.0. The van der Waals surface area contributed by atoms with Crippen LogP contribution in [0.15, 0.2) is 59.1 Å². The van der Waals surface area contributed by atoms with Gasteiger partial charge in [0.05, 0.1) is 11.6 Å². The zero-order valence-corrected chi connectivity index (χ0v) is 16.9. The van der Waals surface area contributed by atoms with Crippen LogP contribution in [0, 0.1) is 11.3 Å². The van der Waals surface area contributed by atoms with Crippen molar-refractivity contribution in [3.05, 3.63) is 60.2 Å². The van der Waals surface area contributed by atoms with E-state index in [1.54, 1.807) is 42.5 Å². The van der Waals surface area contributed by atoms with Crippen molar-refractivity contribution in [2.45, 2.75) is 0 Å². The summed E-state index contributed by atoms with van der Waals surface area (Å²) in [7, 11) is 0. The van der Waals surface area contributed by atoms with E-state index in [0.29, 0.717) is 38.5 Å². The lowest BCUT2D eigenvalue weighted by Crippen LogP contribution is -2.04. The van der Waals surface area contributed by atoms with Crippen LogP contribution in [0.5, 0.6) is 0 Å². The van der Waals surface area contributed by atoms with Gasteiger partial charge in [-0.15, -0.1) is 0 Å². The molecule has 0 atom stereocenters. The Morgan fingerprint density at radius 2 is 1.97 bits per heavy atom. The molecule has 10 heteroatoms. The predicted octanol–water partition coefficient (Wildman–Crippen LogP) is 4.74. The molecular formula is C20H13N6O2S2-. The highest BCUT2D eigenvalue weighted by Gasteiger charge is 2.17. The van der Waals surface area contributed by atoms with Gasteiger partial charge >= 0.3 is 0 Å². The van der Waals surface area contributed by atoms with E-state index in [0.717, 1.165) is 11.3 Å². The van der Waals surface area contributed by atoms with Crippen LogP contribution in [0.2, 0.25) is 0 Å². The Labute approximate surface area is 180 Å². The van der Waals surface area contributed by atoms with Crippen molar-refractivity contribution in [3.63, 3.8) is 0 Å². The van der Waals surface area contributed by atoms with Crippen LogP contribution in [-0.4, -0.2) is 15.4 Å². The molecule has 4 rings (SSSR count). The Morgan fingerprint density at radius 3 is 2.77 bits per heavy atom. The van der Waals surface area contributed by atoms with Crippen LogP contribution in [0.1, 0.15) is 5.56 Å². The van der Waals surface area contributed by atoms with Gasteiger partial charge in [0.1, 0.15) is 21.6 Å². The maximum Gasteiger partial charge on any atom is 0.189 e. The maximum atomic E-state index is 11.1. The summed E-state index contributed by atoms with van der Waals surface area (Å²) >= 11 is 5.85. The molecule has 0 saturated heterocycles. The molecule has 0 fully saturated rings. The molecular weight excluding hydrogens is 420 g/mol. The van der Waals surface area contributed by atoms with E-state index in [1.165, 1.54) is 11.3 Å². The van der Waals surface area contributed by atoms with Gasteiger partial charge < -0.3 is 38.3 Å². The highest BCUT2D eigenvalue weighted by Crippen LogP contribution is 2.38. The van der Waals surface area contributed by atoms with Gasteiger partial charge in [-0.05, 0) is 30.3 Å². The summed E-state index contributed by atoms with van der Waals surface area (Å²) in [5.74, 6) is 0.769. The van der Waals surface area contributed by atoms with Crippen LogP contribution in [0.3, 0.4) is 0 Å². The first kappa shape index (κ1) is 19.4. The van der Waals surface area contributed by atoms with E-state index in [2.05, 4.69) is 39.5 Å². The number of rotatable bonds is 5. The number of nitrogens with two attached hydrogens (primary N) is 1. The average molecular weight is 433 g/mol. The number of hydrogen-bond donors (Lipinski definition) is 3. The minimum Gasteiger partial charge on any atom is -0.719 e. The molecule has 0 radical (unpaired) electrons. The van der Waals surface area contributed by atoms with Gasteiger partial charge in [0.25, 0.3) is 0 Å². The summed E-state index contributed by atoms with van der Waals surface area (Å²) in [6.07, 6.45) is 0. The zero-order chi connectivity index (χ0) is 21.1. The SMILES string of the molecule is N#Cc1cccc(Nc2nc(N)c(-c3cc(-c4cccc(NC(=O)[S-])c4)no3)s2)c1. The second kappa shape index (κ2) is 8.20. The van der Waals surface area contributed by atoms with Crippen molar-refractivity contribution in [3.8, 4) is 28.0 Å². The largest absolute Gasteiger partial charge is 0.719 e. The van der Waals surface area contributed by atoms with Crippen molar-refractivity contribution >= 4 is 51.5 Å². The number of hydrogen-bond acceptors (Lipinski definition) is 9. The lowest BCUT2D eigenvalue weighted by atomic mass is 10.1. The summed E-state index contributed by atoms with van der Waals surface area (Å²) in [5, 5.41) is 18.8. The first-order chi connectivity index (χ1) is 14.5. The number of nitrogens with one attached hydrogen (secondary N) is 2. The van der Waals surface area contributed by atoms with E-state index in [-0.39, 0.29) is 0 Å². The summed E-state index contributed by atoms with van der Waals surface area (Å²) in [6.45, 7) is 0. The number of amides is 1. The van der Waals surface area contributed by atoms with Crippen LogP contribution in [-0.2, 0) is 12.6 Å². The Kier molecular flexibility index (Phi) is 5.30. The van der Waals surface area contributed by atoms with Crippen LogP contribution in [0.4, 0.5) is 27.1 Å². The lowest BCUT2D eigenvalue weighted by molar-refractivity contribution is 0.270. The number of carbonyl (C=O) groups excluding carboxylic acids is 1. The standard InChI is InChI=1S/C20H14N6O2S2/c21-10-11-3-1-5-13(7-11)23-19-25-18(22)17(30-19)16-9-15(26-28-16)12-4-2-6-14(8-12)24-20(27)29/h1-9H,22H2,(H,23,25)(H2,24,27,29)/p-1. The average Bonchev–Trinajstić information content (AvgIpc) is 3.34. The first-order valence-corrected chi connectivity index (χ1v) is 9.83. The third kappa shape index (κ3) is 4.22. The summed E-state index contributed by atoms with van der Waals surface area (Å²) in [5.41, 5.74) is 9.24. The number of anilines is 4. The first-order valence-electron chi connectivity index (χ1n) is 8.61. The second-order valence-corrected chi connectivity index (χ2v) is 7.49. The number of carbonyl (C=O) groups is 1. The number of thiazole rings is 1. The second-order valence-electron chi connectivity index (χ2n) is 6.12. The Bertz CT molecular complexity index is 1270. The maximum absolute atomic E-state index is 11.1. The van der Waals surface area contributed by atoms with E-state index < -0.39 is 5.24 Å². The fourth-order valence-electron chi connectivity index (χ4n) is 2.74. The fourth-order valence-corrected chi connectivity index (χ4v) is 3.72. The Morgan fingerprint density at radius 1 is 1.17 bits per heavy atom. The Hall–Kier alpha value is -3.94. The number of benzene rings is 2. The zero-order valence-electron chi connectivity index (χ0n) is 15.2. The molecule has 0 saturated carbocycles. The molecule has 4 aromatic rings. The van der Waals surface area contributed by atoms with E-state index in [1.807, 2.05) is 12.1 Å². The van der Waals surface area contributed by atoms with E-state index in [4.69, 9.17) is 15.5 Å². The number of nitriles is 1. The van der Waals surface area contributed by atoms with Crippen LogP contribution >= 0.6 is 11.3 Å². The lowest BCUT2D eigenvalue weighted by Gasteiger charge is -2.08. The molecule has 2 heterocycles. The quantitative estimate of drug-likeness (QED) is 0.385. The number of nitrogens with zero attached hydrogens (tertiary/aromatic N) is 3. The topological polar surface area (TPSA) is 130 Å². The van der Waals surface area contributed by atoms with Gasteiger partial charge in [-0.1, -0.05) is 34.7 Å². The molecule has 0 bridgehead atoms. The molecule has 4 N–H and O–H groups in total. The normalized spacial score (nSPS) is 10.4. The molecule has 30 heavy (non-hydrogen) atoms. The smallest absolute Gasteiger partial charge is 0.189 e. The van der Waals surface area contributed by atoms with Gasteiger partial charge in [0.15, 0.2) is 10.9 Å². The van der Waals surface area contributed by atoms with Gasteiger partial charge in [-0.3, -0.25) is 0 Å². The fraction of sp³-hybridized carbons (Fsp3) is 0. The summed E-state index contributed by atoms with van der Waals surface area (Å²) < 4.78 is 5.47.